The second-order valence-electron chi connectivity index (χ2n) is 7.05. The second kappa shape index (κ2) is 8.12. The maximum Gasteiger partial charge on any atom is 0.260 e. The van der Waals surface area contributed by atoms with Gasteiger partial charge in [0.05, 0.1) is 5.25 Å². The first kappa shape index (κ1) is 19.8. The Kier molecular flexibility index (Phi) is 5.56. The maximum absolute atomic E-state index is 13.1. The molecular formula is C20H20ClN5O2S. The molecule has 0 radical (unpaired) electrons. The third kappa shape index (κ3) is 4.13. The van der Waals surface area contributed by atoms with Crippen LogP contribution in [0.25, 0.3) is 5.78 Å². The number of thioether (sulfide) groups is 1. The van der Waals surface area contributed by atoms with E-state index in [1.54, 1.807) is 28.8 Å². The number of amides is 2. The number of carbonyl (C=O) groups excluding carboxylic acids is 2. The Morgan fingerprint density at radius 3 is 2.69 bits per heavy atom. The lowest BCUT2D eigenvalue weighted by molar-refractivity contribution is -0.127. The van der Waals surface area contributed by atoms with E-state index in [0.717, 1.165) is 24.2 Å². The molecule has 1 saturated heterocycles. The SMILES string of the molecule is Cc1cc(C)n2nc(S[C@@H]3CCCCN(C(=O)c4ccc(Cl)cc4)C3=O)nc2n1. The normalized spacial score (nSPS) is 17.6. The number of imide groups is 1. The molecule has 3 aromatic rings. The molecule has 29 heavy (non-hydrogen) atoms. The van der Waals surface area contributed by atoms with Crippen molar-refractivity contribution in [3.63, 3.8) is 0 Å². The van der Waals surface area contributed by atoms with Gasteiger partial charge in [-0.2, -0.15) is 4.98 Å². The fraction of sp³-hybridized carbons (Fsp3) is 0.350. The summed E-state index contributed by atoms with van der Waals surface area (Å²) in [6, 6.07) is 8.53. The van der Waals surface area contributed by atoms with Crippen LogP contribution in [0, 0.1) is 13.8 Å². The molecule has 0 saturated carbocycles. The highest BCUT2D eigenvalue weighted by Crippen LogP contribution is 2.29. The van der Waals surface area contributed by atoms with Crippen molar-refractivity contribution in [3.8, 4) is 0 Å². The number of halogens is 1. The van der Waals surface area contributed by atoms with E-state index in [9.17, 15) is 9.59 Å². The number of hydrogen-bond acceptors (Lipinski definition) is 6. The Labute approximate surface area is 177 Å². The zero-order chi connectivity index (χ0) is 20.5. The molecule has 1 aliphatic heterocycles. The molecule has 1 aliphatic rings. The molecule has 2 amide bonds. The average molecular weight is 430 g/mol. The summed E-state index contributed by atoms with van der Waals surface area (Å²) < 4.78 is 1.67. The molecule has 9 heteroatoms. The highest BCUT2D eigenvalue weighted by atomic mass is 35.5. The van der Waals surface area contributed by atoms with Gasteiger partial charge < -0.3 is 0 Å². The van der Waals surface area contributed by atoms with Gasteiger partial charge in [0, 0.05) is 28.5 Å². The van der Waals surface area contributed by atoms with Crippen molar-refractivity contribution in [2.75, 3.05) is 6.54 Å². The van der Waals surface area contributed by atoms with Crippen molar-refractivity contribution in [1.82, 2.24) is 24.5 Å². The van der Waals surface area contributed by atoms with Gasteiger partial charge in [0.2, 0.25) is 11.1 Å². The van der Waals surface area contributed by atoms with Crippen LogP contribution in [-0.2, 0) is 4.79 Å². The minimum atomic E-state index is -0.410. The van der Waals surface area contributed by atoms with E-state index in [-0.39, 0.29) is 11.8 Å². The first-order valence-corrected chi connectivity index (χ1v) is 10.7. The van der Waals surface area contributed by atoms with Gasteiger partial charge in [-0.15, -0.1) is 5.10 Å². The highest BCUT2D eigenvalue weighted by molar-refractivity contribution is 8.00. The molecule has 1 atom stereocenters. The van der Waals surface area contributed by atoms with Gasteiger partial charge in [-0.05, 0) is 57.0 Å². The largest absolute Gasteiger partial charge is 0.278 e. The Morgan fingerprint density at radius 2 is 1.93 bits per heavy atom. The van der Waals surface area contributed by atoms with E-state index in [1.807, 2.05) is 19.9 Å². The number of rotatable bonds is 3. The predicted molar refractivity (Wildman–Crippen MR) is 111 cm³/mol. The van der Waals surface area contributed by atoms with Crippen molar-refractivity contribution in [1.29, 1.82) is 0 Å². The van der Waals surface area contributed by atoms with Gasteiger partial charge in [-0.1, -0.05) is 29.8 Å². The Balaban J connectivity index is 1.57. The molecule has 0 unspecified atom stereocenters. The lowest BCUT2D eigenvalue weighted by Gasteiger charge is -2.21. The monoisotopic (exact) mass is 429 g/mol. The Morgan fingerprint density at radius 1 is 1.17 bits per heavy atom. The summed E-state index contributed by atoms with van der Waals surface area (Å²) in [6.07, 6.45) is 2.31. The molecule has 0 bridgehead atoms. The predicted octanol–water partition coefficient (Wildman–Crippen LogP) is 3.71. The quantitative estimate of drug-likeness (QED) is 0.590. The highest BCUT2D eigenvalue weighted by Gasteiger charge is 2.33. The molecule has 4 rings (SSSR count). The third-order valence-corrected chi connectivity index (χ3v) is 6.18. The summed E-state index contributed by atoms with van der Waals surface area (Å²) in [7, 11) is 0. The molecule has 0 aliphatic carbocycles. The van der Waals surface area contributed by atoms with Crippen molar-refractivity contribution in [2.24, 2.45) is 0 Å². The summed E-state index contributed by atoms with van der Waals surface area (Å²) in [4.78, 5) is 36.3. The second-order valence-corrected chi connectivity index (χ2v) is 8.66. The zero-order valence-corrected chi connectivity index (χ0v) is 17.7. The van der Waals surface area contributed by atoms with Crippen molar-refractivity contribution < 1.29 is 9.59 Å². The van der Waals surface area contributed by atoms with Crippen LogP contribution in [0.4, 0.5) is 0 Å². The summed E-state index contributed by atoms with van der Waals surface area (Å²) >= 11 is 7.21. The van der Waals surface area contributed by atoms with Crippen molar-refractivity contribution >= 4 is 41.0 Å². The number of benzene rings is 1. The van der Waals surface area contributed by atoms with E-state index in [2.05, 4.69) is 15.1 Å². The first-order chi connectivity index (χ1) is 13.9. The Hall–Kier alpha value is -2.45. The van der Waals surface area contributed by atoms with Crippen LogP contribution in [0.5, 0.6) is 0 Å². The number of aryl methyl sites for hydroxylation is 2. The van der Waals surface area contributed by atoms with Crippen LogP contribution >= 0.6 is 23.4 Å². The van der Waals surface area contributed by atoms with Crippen LogP contribution in [0.3, 0.4) is 0 Å². The average Bonchev–Trinajstić information content (AvgIpc) is 3.00. The summed E-state index contributed by atoms with van der Waals surface area (Å²) in [6.45, 7) is 4.26. The van der Waals surface area contributed by atoms with Crippen LogP contribution in [0.1, 0.15) is 41.0 Å². The minimum absolute atomic E-state index is 0.202. The van der Waals surface area contributed by atoms with Crippen molar-refractivity contribution in [2.45, 2.75) is 43.5 Å². The fourth-order valence-electron chi connectivity index (χ4n) is 3.39. The van der Waals surface area contributed by atoms with Gasteiger partial charge in [-0.25, -0.2) is 9.50 Å². The topological polar surface area (TPSA) is 80.5 Å². The number of fused-ring (bicyclic) bond motifs is 1. The van der Waals surface area contributed by atoms with Crippen LogP contribution in [0.15, 0.2) is 35.5 Å². The van der Waals surface area contributed by atoms with E-state index in [0.29, 0.717) is 34.5 Å². The molecular weight excluding hydrogens is 410 g/mol. The maximum atomic E-state index is 13.1. The summed E-state index contributed by atoms with van der Waals surface area (Å²) in [5.74, 6) is 0.0163. The van der Waals surface area contributed by atoms with Gasteiger partial charge in [0.25, 0.3) is 11.7 Å². The molecule has 150 valence electrons. The van der Waals surface area contributed by atoms with Gasteiger partial charge in [0.1, 0.15) is 0 Å². The molecule has 2 aromatic heterocycles. The summed E-state index contributed by atoms with van der Waals surface area (Å²) in [5, 5.41) is 5.12. The minimum Gasteiger partial charge on any atom is -0.278 e. The van der Waals surface area contributed by atoms with Gasteiger partial charge in [-0.3, -0.25) is 14.5 Å². The van der Waals surface area contributed by atoms with E-state index in [1.165, 1.54) is 16.7 Å². The standard InChI is InChI=1S/C20H20ClN5O2S/c1-12-11-13(2)26-19(22-12)23-20(24-26)29-16-5-3-4-10-25(18(16)28)17(27)14-6-8-15(21)9-7-14/h6-9,11,16H,3-5,10H2,1-2H3/t16-/m1/s1. The lowest BCUT2D eigenvalue weighted by Crippen LogP contribution is -2.41. The van der Waals surface area contributed by atoms with Crippen LogP contribution in [-0.4, -0.2) is 48.1 Å². The zero-order valence-electron chi connectivity index (χ0n) is 16.1. The number of nitrogens with zero attached hydrogens (tertiary/aromatic N) is 5. The van der Waals surface area contributed by atoms with Crippen LogP contribution < -0.4 is 0 Å². The number of hydrogen-bond donors (Lipinski definition) is 0. The van der Waals surface area contributed by atoms with Crippen molar-refractivity contribution in [3.05, 3.63) is 52.3 Å². The van der Waals surface area contributed by atoms with E-state index in [4.69, 9.17) is 11.6 Å². The molecule has 0 N–H and O–H groups in total. The Bertz CT molecular complexity index is 1080. The molecule has 1 aromatic carbocycles. The number of carbonyl (C=O) groups is 2. The van der Waals surface area contributed by atoms with E-state index < -0.39 is 5.25 Å². The smallest absolute Gasteiger partial charge is 0.260 e. The molecule has 1 fully saturated rings. The number of aromatic nitrogens is 4. The third-order valence-electron chi connectivity index (χ3n) is 4.82. The number of likely N-dealkylation sites (tertiary alicyclic amines) is 1. The first-order valence-electron chi connectivity index (χ1n) is 9.41. The fourth-order valence-corrected chi connectivity index (χ4v) is 4.55. The van der Waals surface area contributed by atoms with Gasteiger partial charge >= 0.3 is 0 Å². The van der Waals surface area contributed by atoms with Gasteiger partial charge in [0.15, 0.2) is 0 Å². The molecule has 7 nitrogen and oxygen atoms in total. The molecule has 0 spiro atoms. The lowest BCUT2D eigenvalue weighted by atomic mass is 10.2. The molecule has 3 heterocycles. The van der Waals surface area contributed by atoms with Crippen LogP contribution in [0.2, 0.25) is 5.02 Å². The van der Waals surface area contributed by atoms with E-state index >= 15 is 0 Å². The summed E-state index contributed by atoms with van der Waals surface area (Å²) in [5.41, 5.74) is 2.25.